The van der Waals surface area contributed by atoms with Crippen molar-refractivity contribution in [2.75, 3.05) is 0 Å². The normalized spacial score (nSPS) is 13.4. The predicted octanol–water partition coefficient (Wildman–Crippen LogP) is 5.37. The monoisotopic (exact) mass is 304 g/mol. The van der Waals surface area contributed by atoms with Gasteiger partial charge in [-0.1, -0.05) is 71.4 Å². The SMILES string of the molecule is CC(/C=C(\Br)c1ccc(F)cc1)c1ccccc1. The minimum atomic E-state index is -0.213. The van der Waals surface area contributed by atoms with Crippen LogP contribution in [0.4, 0.5) is 4.39 Å². The van der Waals surface area contributed by atoms with Crippen LogP contribution in [0.3, 0.4) is 0 Å². The molecule has 0 nitrogen and oxygen atoms in total. The van der Waals surface area contributed by atoms with E-state index in [-0.39, 0.29) is 5.82 Å². The second kappa shape index (κ2) is 5.96. The Labute approximate surface area is 115 Å². The molecule has 0 saturated heterocycles. The molecule has 0 aliphatic heterocycles. The van der Waals surface area contributed by atoms with Crippen LogP contribution in [0.25, 0.3) is 4.48 Å². The Morgan fingerprint density at radius 1 is 1.06 bits per heavy atom. The number of halogens is 2. The van der Waals surface area contributed by atoms with Gasteiger partial charge >= 0.3 is 0 Å². The van der Waals surface area contributed by atoms with E-state index in [0.29, 0.717) is 5.92 Å². The van der Waals surface area contributed by atoms with E-state index in [1.165, 1.54) is 17.7 Å². The lowest BCUT2D eigenvalue weighted by Crippen LogP contribution is -1.89. The molecule has 0 heterocycles. The van der Waals surface area contributed by atoms with Crippen molar-refractivity contribution in [1.82, 2.24) is 0 Å². The molecule has 0 aliphatic rings. The van der Waals surface area contributed by atoms with E-state index in [0.717, 1.165) is 10.0 Å². The largest absolute Gasteiger partial charge is 0.207 e. The van der Waals surface area contributed by atoms with Crippen molar-refractivity contribution in [2.24, 2.45) is 0 Å². The van der Waals surface area contributed by atoms with Gasteiger partial charge in [-0.05, 0) is 23.3 Å². The zero-order chi connectivity index (χ0) is 13.0. The molecule has 0 radical (unpaired) electrons. The Morgan fingerprint density at radius 3 is 2.28 bits per heavy atom. The summed E-state index contributed by atoms with van der Waals surface area (Å²) in [6.07, 6.45) is 2.13. The first-order valence-electron chi connectivity index (χ1n) is 5.85. The van der Waals surface area contributed by atoms with Gasteiger partial charge in [0.05, 0.1) is 0 Å². The molecule has 0 saturated carbocycles. The Balaban J connectivity index is 2.20. The number of hydrogen-bond donors (Lipinski definition) is 0. The minimum Gasteiger partial charge on any atom is -0.207 e. The van der Waals surface area contributed by atoms with Crippen LogP contribution in [0.1, 0.15) is 24.0 Å². The molecule has 0 fully saturated rings. The van der Waals surface area contributed by atoms with E-state index in [2.05, 4.69) is 41.1 Å². The first-order chi connectivity index (χ1) is 8.66. The standard InChI is InChI=1S/C16H14BrF/c1-12(13-5-3-2-4-6-13)11-16(17)14-7-9-15(18)10-8-14/h2-12H,1H3/b16-11-. The van der Waals surface area contributed by atoms with Crippen LogP contribution in [0.15, 0.2) is 60.7 Å². The third kappa shape index (κ3) is 3.30. The quantitative estimate of drug-likeness (QED) is 0.715. The van der Waals surface area contributed by atoms with Crippen molar-refractivity contribution in [2.45, 2.75) is 12.8 Å². The summed E-state index contributed by atoms with van der Waals surface area (Å²) >= 11 is 3.55. The molecular weight excluding hydrogens is 291 g/mol. The average molecular weight is 305 g/mol. The minimum absolute atomic E-state index is 0.213. The van der Waals surface area contributed by atoms with E-state index < -0.39 is 0 Å². The highest BCUT2D eigenvalue weighted by Gasteiger charge is 2.04. The highest BCUT2D eigenvalue weighted by Crippen LogP contribution is 2.27. The summed E-state index contributed by atoms with van der Waals surface area (Å²) in [4.78, 5) is 0. The summed E-state index contributed by atoms with van der Waals surface area (Å²) in [6, 6.07) is 16.8. The van der Waals surface area contributed by atoms with Crippen molar-refractivity contribution in [3.63, 3.8) is 0 Å². The molecule has 0 aromatic heterocycles. The Kier molecular flexibility index (Phi) is 4.32. The van der Waals surface area contributed by atoms with Gasteiger partial charge in [-0.2, -0.15) is 0 Å². The predicted molar refractivity (Wildman–Crippen MR) is 78.2 cm³/mol. The molecule has 0 spiro atoms. The lowest BCUT2D eigenvalue weighted by atomic mass is 10.00. The number of benzene rings is 2. The van der Waals surface area contributed by atoms with Gasteiger partial charge in [0.1, 0.15) is 5.82 Å². The van der Waals surface area contributed by atoms with Crippen molar-refractivity contribution in [1.29, 1.82) is 0 Å². The fourth-order valence-corrected chi connectivity index (χ4v) is 2.44. The van der Waals surface area contributed by atoms with Gasteiger partial charge in [0, 0.05) is 10.4 Å². The zero-order valence-corrected chi connectivity index (χ0v) is 11.7. The molecule has 92 valence electrons. The van der Waals surface area contributed by atoms with Gasteiger partial charge in [-0.3, -0.25) is 0 Å². The number of rotatable bonds is 3. The maximum absolute atomic E-state index is 12.8. The van der Waals surface area contributed by atoms with E-state index >= 15 is 0 Å². The number of allylic oxidation sites excluding steroid dienone is 1. The molecule has 0 amide bonds. The molecule has 0 aliphatic carbocycles. The summed E-state index contributed by atoms with van der Waals surface area (Å²) in [5, 5.41) is 0. The van der Waals surface area contributed by atoms with E-state index in [9.17, 15) is 4.39 Å². The molecule has 1 unspecified atom stereocenters. The first-order valence-corrected chi connectivity index (χ1v) is 6.64. The van der Waals surface area contributed by atoms with Crippen LogP contribution < -0.4 is 0 Å². The van der Waals surface area contributed by atoms with Crippen LogP contribution >= 0.6 is 15.9 Å². The highest BCUT2D eigenvalue weighted by molar-refractivity contribution is 9.15. The molecule has 2 aromatic carbocycles. The summed E-state index contributed by atoms with van der Waals surface area (Å²) in [5.74, 6) is 0.0979. The van der Waals surface area contributed by atoms with Crippen molar-refractivity contribution in [3.05, 3.63) is 77.6 Å². The van der Waals surface area contributed by atoms with E-state index in [1.54, 1.807) is 12.1 Å². The molecule has 18 heavy (non-hydrogen) atoms. The zero-order valence-electron chi connectivity index (χ0n) is 10.1. The lowest BCUT2D eigenvalue weighted by molar-refractivity contribution is 0.627. The van der Waals surface area contributed by atoms with E-state index in [4.69, 9.17) is 0 Å². The summed E-state index contributed by atoms with van der Waals surface area (Å²) < 4.78 is 13.8. The van der Waals surface area contributed by atoms with Crippen LogP contribution in [0.2, 0.25) is 0 Å². The molecule has 2 heteroatoms. The van der Waals surface area contributed by atoms with Crippen LogP contribution in [-0.4, -0.2) is 0 Å². The third-order valence-electron chi connectivity index (χ3n) is 2.84. The molecule has 2 aromatic rings. The summed E-state index contributed by atoms with van der Waals surface area (Å²) in [5.41, 5.74) is 2.25. The second-order valence-corrected chi connectivity index (χ2v) is 5.08. The van der Waals surface area contributed by atoms with E-state index in [1.807, 2.05) is 18.2 Å². The fourth-order valence-electron chi connectivity index (χ4n) is 1.78. The van der Waals surface area contributed by atoms with Gasteiger partial charge in [0.15, 0.2) is 0 Å². The average Bonchev–Trinajstić information content (AvgIpc) is 2.40. The topological polar surface area (TPSA) is 0 Å². The smallest absolute Gasteiger partial charge is 0.123 e. The molecule has 0 bridgehead atoms. The third-order valence-corrected chi connectivity index (χ3v) is 3.56. The number of hydrogen-bond acceptors (Lipinski definition) is 0. The van der Waals surface area contributed by atoms with Gasteiger partial charge in [0.25, 0.3) is 0 Å². The Hall–Kier alpha value is -1.41. The van der Waals surface area contributed by atoms with Crippen molar-refractivity contribution < 1.29 is 4.39 Å². The maximum atomic E-state index is 12.8. The summed E-state index contributed by atoms with van der Waals surface area (Å²) in [7, 11) is 0. The van der Waals surface area contributed by atoms with Gasteiger partial charge < -0.3 is 0 Å². The second-order valence-electron chi connectivity index (χ2n) is 4.22. The Morgan fingerprint density at radius 2 is 1.67 bits per heavy atom. The van der Waals surface area contributed by atoms with Crippen LogP contribution in [0, 0.1) is 5.82 Å². The first kappa shape index (κ1) is 13.0. The van der Waals surface area contributed by atoms with Gasteiger partial charge in [-0.15, -0.1) is 0 Å². The molecule has 1 atom stereocenters. The van der Waals surface area contributed by atoms with Crippen molar-refractivity contribution >= 4 is 20.4 Å². The van der Waals surface area contributed by atoms with Gasteiger partial charge in [0.2, 0.25) is 0 Å². The molecule has 0 N–H and O–H groups in total. The Bertz CT molecular complexity index is 529. The van der Waals surface area contributed by atoms with Crippen LogP contribution in [-0.2, 0) is 0 Å². The fraction of sp³-hybridized carbons (Fsp3) is 0.125. The van der Waals surface area contributed by atoms with Crippen molar-refractivity contribution in [3.8, 4) is 0 Å². The molecular formula is C16H14BrF. The molecule has 2 rings (SSSR count). The summed E-state index contributed by atoms with van der Waals surface area (Å²) in [6.45, 7) is 2.14. The van der Waals surface area contributed by atoms with Gasteiger partial charge in [-0.25, -0.2) is 4.39 Å². The maximum Gasteiger partial charge on any atom is 0.123 e. The van der Waals surface area contributed by atoms with Crippen LogP contribution in [0.5, 0.6) is 0 Å². The lowest BCUT2D eigenvalue weighted by Gasteiger charge is -2.08. The highest BCUT2D eigenvalue weighted by atomic mass is 79.9.